The van der Waals surface area contributed by atoms with Crippen LogP contribution in [0.1, 0.15) is 10.4 Å². The van der Waals surface area contributed by atoms with Gasteiger partial charge in [-0.05, 0) is 6.07 Å². The molecule has 0 aliphatic carbocycles. The van der Waals surface area contributed by atoms with Gasteiger partial charge >= 0.3 is 5.97 Å². The van der Waals surface area contributed by atoms with Crippen LogP contribution in [-0.4, -0.2) is 30.3 Å². The molecule has 1 aliphatic heterocycles. The van der Waals surface area contributed by atoms with Crippen molar-refractivity contribution in [3.8, 4) is 0 Å². The molecule has 0 saturated carbocycles. The smallest absolute Gasteiger partial charge is 0.338 e. The fourth-order valence-corrected chi connectivity index (χ4v) is 1.36. The number of halogens is 2. The lowest BCUT2D eigenvalue weighted by Crippen LogP contribution is -2.40. The van der Waals surface area contributed by atoms with E-state index in [9.17, 15) is 13.6 Å². The van der Waals surface area contributed by atoms with E-state index in [1.807, 2.05) is 0 Å². The van der Waals surface area contributed by atoms with Crippen LogP contribution >= 0.6 is 0 Å². The molecule has 0 bridgehead atoms. The second-order valence-electron chi connectivity index (χ2n) is 3.50. The van der Waals surface area contributed by atoms with Gasteiger partial charge in [-0.15, -0.1) is 0 Å². The lowest BCUT2D eigenvalue weighted by molar-refractivity contribution is 0.0210. The lowest BCUT2D eigenvalue weighted by Gasteiger charge is -2.28. The summed E-state index contributed by atoms with van der Waals surface area (Å²) in [6.07, 6.45) is 0. The quantitative estimate of drug-likeness (QED) is 0.824. The monoisotopic (exact) mass is 229 g/mol. The fraction of sp³-hybridized carbons (Fsp3) is 0.300. The first-order valence-electron chi connectivity index (χ1n) is 4.64. The topological polar surface area (TPSA) is 58.6 Å². The minimum Gasteiger partial charge on any atom is -0.478 e. The molecule has 2 rings (SSSR count). The molecule has 2 N–H and O–H groups in total. The average Bonchev–Trinajstić information content (AvgIpc) is 2.13. The van der Waals surface area contributed by atoms with Gasteiger partial charge in [-0.3, -0.25) is 0 Å². The maximum atomic E-state index is 13.3. The molecule has 0 unspecified atom stereocenters. The zero-order valence-electron chi connectivity index (χ0n) is 8.17. The number of hydrogen-bond acceptors (Lipinski definition) is 3. The van der Waals surface area contributed by atoms with Crippen LogP contribution in [0.15, 0.2) is 12.1 Å². The highest BCUT2D eigenvalue weighted by molar-refractivity contribution is 5.89. The first-order chi connectivity index (χ1) is 7.58. The van der Waals surface area contributed by atoms with Gasteiger partial charge in [0.2, 0.25) is 0 Å². The van der Waals surface area contributed by atoms with Gasteiger partial charge in [0.1, 0.15) is 11.6 Å². The normalized spacial score (nSPS) is 15.6. The molecule has 0 amide bonds. The Morgan fingerprint density at radius 1 is 1.38 bits per heavy atom. The van der Waals surface area contributed by atoms with Gasteiger partial charge in [0, 0.05) is 6.07 Å². The third kappa shape index (κ3) is 1.96. The molecular weight excluding hydrogens is 220 g/mol. The number of hydrogen-bond donors (Lipinski definition) is 2. The summed E-state index contributed by atoms with van der Waals surface area (Å²) in [5.41, 5.74) is -0.573. The summed E-state index contributed by atoms with van der Waals surface area (Å²) in [5.74, 6) is -3.32. The van der Waals surface area contributed by atoms with Gasteiger partial charge in [0.25, 0.3) is 0 Å². The second kappa shape index (κ2) is 4.05. The van der Waals surface area contributed by atoms with Crippen LogP contribution < -0.4 is 5.32 Å². The highest BCUT2D eigenvalue weighted by atomic mass is 19.1. The number of nitrogens with one attached hydrogen (secondary N) is 1. The van der Waals surface area contributed by atoms with E-state index in [1.165, 1.54) is 0 Å². The maximum Gasteiger partial charge on any atom is 0.338 e. The molecule has 0 atom stereocenters. The summed E-state index contributed by atoms with van der Waals surface area (Å²) in [7, 11) is 0. The molecule has 1 aliphatic rings. The molecule has 4 nitrogen and oxygen atoms in total. The molecule has 1 aromatic rings. The Bertz CT molecular complexity index is 432. The lowest BCUT2D eigenvalue weighted by atomic mass is 10.1. The van der Waals surface area contributed by atoms with Crippen molar-refractivity contribution >= 4 is 11.7 Å². The summed E-state index contributed by atoms with van der Waals surface area (Å²) in [5, 5.41) is 11.4. The number of carboxylic acid groups (broad SMARTS) is 1. The van der Waals surface area contributed by atoms with E-state index in [2.05, 4.69) is 5.32 Å². The van der Waals surface area contributed by atoms with E-state index in [0.717, 1.165) is 6.07 Å². The molecule has 86 valence electrons. The molecule has 0 spiro atoms. The van der Waals surface area contributed by atoms with Crippen molar-refractivity contribution in [2.45, 2.75) is 6.04 Å². The average molecular weight is 229 g/mol. The molecule has 1 heterocycles. The van der Waals surface area contributed by atoms with E-state index in [-0.39, 0.29) is 11.7 Å². The van der Waals surface area contributed by atoms with Crippen LogP contribution in [0.25, 0.3) is 0 Å². The van der Waals surface area contributed by atoms with Gasteiger partial charge in [-0.1, -0.05) is 0 Å². The SMILES string of the molecule is O=C(O)c1cc(NC2COC2)c(F)cc1F. The Morgan fingerprint density at radius 3 is 2.56 bits per heavy atom. The summed E-state index contributed by atoms with van der Waals surface area (Å²) in [4.78, 5) is 10.6. The second-order valence-corrected chi connectivity index (χ2v) is 3.50. The zero-order chi connectivity index (χ0) is 11.7. The molecular formula is C10H9F2NO3. The molecule has 0 radical (unpaired) electrons. The predicted octanol–water partition coefficient (Wildman–Crippen LogP) is 1.47. The molecule has 1 fully saturated rings. The van der Waals surface area contributed by atoms with Crippen molar-refractivity contribution in [1.29, 1.82) is 0 Å². The Morgan fingerprint density at radius 2 is 2.06 bits per heavy atom. The zero-order valence-corrected chi connectivity index (χ0v) is 8.17. The largest absolute Gasteiger partial charge is 0.478 e. The van der Waals surface area contributed by atoms with E-state index in [4.69, 9.17) is 9.84 Å². The van der Waals surface area contributed by atoms with Crippen molar-refractivity contribution in [2.24, 2.45) is 0 Å². The van der Waals surface area contributed by atoms with Gasteiger partial charge < -0.3 is 15.2 Å². The van der Waals surface area contributed by atoms with Crippen LogP contribution in [0, 0.1) is 11.6 Å². The molecule has 1 saturated heterocycles. The number of rotatable bonds is 3. The third-order valence-electron chi connectivity index (χ3n) is 2.28. The Hall–Kier alpha value is -1.69. The minimum absolute atomic E-state index is 0.0212. The van der Waals surface area contributed by atoms with E-state index >= 15 is 0 Å². The van der Waals surface area contributed by atoms with Crippen molar-refractivity contribution < 1.29 is 23.4 Å². The number of ether oxygens (including phenoxy) is 1. The van der Waals surface area contributed by atoms with Crippen molar-refractivity contribution in [1.82, 2.24) is 0 Å². The van der Waals surface area contributed by atoms with E-state index in [1.54, 1.807) is 0 Å². The molecule has 6 heteroatoms. The van der Waals surface area contributed by atoms with Gasteiger partial charge in [-0.2, -0.15) is 0 Å². The van der Waals surface area contributed by atoms with Crippen LogP contribution in [-0.2, 0) is 4.74 Å². The van der Waals surface area contributed by atoms with Crippen LogP contribution in [0.3, 0.4) is 0 Å². The van der Waals surface area contributed by atoms with E-state index < -0.39 is 23.2 Å². The van der Waals surface area contributed by atoms with Gasteiger partial charge in [-0.25, -0.2) is 13.6 Å². The number of aromatic carboxylic acids is 1. The number of anilines is 1. The van der Waals surface area contributed by atoms with Crippen molar-refractivity contribution in [3.63, 3.8) is 0 Å². The Balaban J connectivity index is 2.28. The fourth-order valence-electron chi connectivity index (χ4n) is 1.36. The summed E-state index contributed by atoms with van der Waals surface area (Å²) < 4.78 is 31.2. The number of carboxylic acids is 1. The summed E-state index contributed by atoms with van der Waals surface area (Å²) in [6.45, 7) is 0.860. The molecule has 16 heavy (non-hydrogen) atoms. The standard InChI is InChI=1S/C10H9F2NO3/c11-7-2-8(12)9(1-6(7)10(14)15)13-5-3-16-4-5/h1-2,5,13H,3-4H2,(H,14,15). The Kier molecular flexibility index (Phi) is 2.74. The van der Waals surface area contributed by atoms with Crippen LogP contribution in [0.2, 0.25) is 0 Å². The molecule has 0 aromatic heterocycles. The number of benzene rings is 1. The Labute approximate surface area is 89.8 Å². The summed E-state index contributed by atoms with van der Waals surface area (Å²) >= 11 is 0. The maximum absolute atomic E-state index is 13.3. The van der Waals surface area contributed by atoms with Crippen molar-refractivity contribution in [2.75, 3.05) is 18.5 Å². The third-order valence-corrected chi connectivity index (χ3v) is 2.28. The van der Waals surface area contributed by atoms with Crippen molar-refractivity contribution in [3.05, 3.63) is 29.3 Å². The van der Waals surface area contributed by atoms with Gasteiger partial charge in [0.15, 0.2) is 0 Å². The first-order valence-corrected chi connectivity index (χ1v) is 4.64. The highest BCUT2D eigenvalue weighted by Gasteiger charge is 2.21. The van der Waals surface area contributed by atoms with Gasteiger partial charge in [0.05, 0.1) is 30.5 Å². The molecule has 1 aromatic carbocycles. The highest BCUT2D eigenvalue weighted by Crippen LogP contribution is 2.21. The van der Waals surface area contributed by atoms with Crippen LogP contribution in [0.4, 0.5) is 14.5 Å². The summed E-state index contributed by atoms with van der Waals surface area (Å²) in [6, 6.07) is 1.46. The minimum atomic E-state index is -1.43. The van der Waals surface area contributed by atoms with E-state index in [0.29, 0.717) is 19.3 Å². The number of carbonyl (C=O) groups is 1. The predicted molar refractivity (Wildman–Crippen MR) is 51.5 cm³/mol. The first kappa shape index (κ1) is 10.8. The van der Waals surface area contributed by atoms with Crippen LogP contribution in [0.5, 0.6) is 0 Å².